The summed E-state index contributed by atoms with van der Waals surface area (Å²) < 4.78 is 11.3. The van der Waals surface area contributed by atoms with Gasteiger partial charge in [0.15, 0.2) is 0 Å². The fourth-order valence-electron chi connectivity index (χ4n) is 5.51. The molecule has 5 nitrogen and oxygen atoms in total. The normalized spacial score (nSPS) is 29.2. The third-order valence-electron chi connectivity index (χ3n) is 7.43. The summed E-state index contributed by atoms with van der Waals surface area (Å²) in [5, 5.41) is 0. The Hall–Kier alpha value is -1.75. The van der Waals surface area contributed by atoms with Crippen LogP contribution in [0, 0.1) is 17.3 Å². The lowest BCUT2D eigenvalue weighted by atomic mass is 9.79. The Labute approximate surface area is 169 Å². The first kappa shape index (κ1) is 19.6. The number of anilines is 1. The molecule has 3 fully saturated rings. The van der Waals surface area contributed by atoms with Gasteiger partial charge >= 0.3 is 5.97 Å². The Morgan fingerprint density at radius 3 is 2.39 bits per heavy atom. The van der Waals surface area contributed by atoms with Gasteiger partial charge in [0.25, 0.3) is 0 Å². The summed E-state index contributed by atoms with van der Waals surface area (Å²) in [5.41, 5.74) is 1.00. The van der Waals surface area contributed by atoms with Crippen molar-refractivity contribution in [3.63, 3.8) is 0 Å². The van der Waals surface area contributed by atoms with Gasteiger partial charge in [-0.2, -0.15) is 0 Å². The van der Waals surface area contributed by atoms with Gasteiger partial charge in [-0.25, -0.2) is 0 Å². The van der Waals surface area contributed by atoms with Gasteiger partial charge in [0.2, 0.25) is 0 Å². The number of esters is 1. The maximum atomic E-state index is 12.3. The maximum absolute atomic E-state index is 12.3. The first-order chi connectivity index (χ1) is 13.6. The Morgan fingerprint density at radius 1 is 1.11 bits per heavy atom. The predicted molar refractivity (Wildman–Crippen MR) is 111 cm³/mol. The largest absolute Gasteiger partial charge is 0.495 e. The van der Waals surface area contributed by atoms with Crippen LogP contribution in [0.4, 0.5) is 5.69 Å². The number of hydrogen-bond acceptors (Lipinski definition) is 5. The number of carbonyl (C=O) groups is 1. The van der Waals surface area contributed by atoms with Gasteiger partial charge in [-0.1, -0.05) is 26.0 Å². The lowest BCUT2D eigenvalue weighted by molar-refractivity contribution is -0.149. The highest BCUT2D eigenvalue weighted by atomic mass is 16.6. The quantitative estimate of drug-likeness (QED) is 0.670. The van der Waals surface area contributed by atoms with Crippen LogP contribution < -0.4 is 9.64 Å². The van der Waals surface area contributed by atoms with E-state index in [-0.39, 0.29) is 17.5 Å². The SMILES string of the molecule is CCC1(CC)C[C@H](CCN2CC3CN(c4ccccc4OC)CC3C2)OC1=O. The molecule has 0 aliphatic carbocycles. The third kappa shape index (κ3) is 3.49. The number of methoxy groups -OCH3 is 1. The van der Waals surface area contributed by atoms with Crippen molar-refractivity contribution in [2.45, 2.75) is 45.6 Å². The molecular weight excluding hydrogens is 352 g/mol. The maximum Gasteiger partial charge on any atom is 0.312 e. The molecule has 154 valence electrons. The zero-order valence-electron chi connectivity index (χ0n) is 17.5. The van der Waals surface area contributed by atoms with Crippen molar-refractivity contribution >= 4 is 11.7 Å². The van der Waals surface area contributed by atoms with E-state index in [1.165, 1.54) is 5.69 Å². The zero-order chi connectivity index (χ0) is 19.7. The van der Waals surface area contributed by atoms with Crippen molar-refractivity contribution in [1.29, 1.82) is 0 Å². The summed E-state index contributed by atoms with van der Waals surface area (Å²) in [5.74, 6) is 2.45. The molecular formula is C23H34N2O3. The smallest absolute Gasteiger partial charge is 0.312 e. The van der Waals surface area contributed by atoms with Crippen LogP contribution in [0.15, 0.2) is 24.3 Å². The molecule has 1 aromatic carbocycles. The topological polar surface area (TPSA) is 42.0 Å². The van der Waals surface area contributed by atoms with Gasteiger partial charge in [-0.05, 0) is 43.2 Å². The molecule has 0 amide bonds. The highest BCUT2D eigenvalue weighted by Gasteiger charge is 2.46. The van der Waals surface area contributed by atoms with E-state index in [0.717, 1.165) is 76.0 Å². The molecule has 3 aliphatic rings. The number of fused-ring (bicyclic) bond motifs is 1. The minimum absolute atomic E-state index is 0.0354. The van der Waals surface area contributed by atoms with E-state index in [0.29, 0.717) is 0 Å². The molecule has 0 N–H and O–H groups in total. The number of cyclic esters (lactones) is 1. The average molecular weight is 387 g/mol. The minimum atomic E-state index is -0.221. The van der Waals surface area contributed by atoms with Crippen LogP contribution in [0.25, 0.3) is 0 Å². The summed E-state index contributed by atoms with van der Waals surface area (Å²) >= 11 is 0. The van der Waals surface area contributed by atoms with Crippen LogP contribution in [0.5, 0.6) is 5.75 Å². The predicted octanol–water partition coefficient (Wildman–Crippen LogP) is 3.58. The van der Waals surface area contributed by atoms with Gasteiger partial charge in [-0.3, -0.25) is 4.79 Å². The second-order valence-corrected chi connectivity index (χ2v) is 8.86. The Balaban J connectivity index is 1.28. The van der Waals surface area contributed by atoms with Gasteiger partial charge in [0.05, 0.1) is 18.2 Å². The molecule has 0 spiro atoms. The van der Waals surface area contributed by atoms with Crippen molar-refractivity contribution in [2.75, 3.05) is 44.7 Å². The van der Waals surface area contributed by atoms with E-state index in [9.17, 15) is 4.79 Å². The number of nitrogens with zero attached hydrogens (tertiary/aromatic N) is 2. The first-order valence-corrected chi connectivity index (χ1v) is 10.9. The average Bonchev–Trinajstić information content (AvgIpc) is 3.37. The summed E-state index contributed by atoms with van der Waals surface area (Å²) in [6.07, 6.45) is 3.78. The standard InChI is InChI=1S/C23H34N2O3/c1-4-23(5-2)12-19(28-22(23)26)10-11-24-13-17-15-25(16-18(17)14-24)20-8-6-7-9-21(20)27-3/h6-9,17-19H,4-5,10-16H2,1-3H3/t17?,18?,19-/m0/s1. The highest BCUT2D eigenvalue weighted by Crippen LogP contribution is 2.42. The van der Waals surface area contributed by atoms with Crippen molar-refractivity contribution in [2.24, 2.45) is 17.3 Å². The molecule has 0 radical (unpaired) electrons. The summed E-state index contributed by atoms with van der Waals surface area (Å²) in [4.78, 5) is 17.4. The van der Waals surface area contributed by atoms with Crippen LogP contribution in [-0.4, -0.2) is 56.8 Å². The molecule has 3 saturated heterocycles. The first-order valence-electron chi connectivity index (χ1n) is 10.9. The molecule has 3 heterocycles. The number of benzene rings is 1. The number of ether oxygens (including phenoxy) is 2. The number of likely N-dealkylation sites (tertiary alicyclic amines) is 1. The number of hydrogen-bond donors (Lipinski definition) is 0. The molecule has 3 atom stereocenters. The van der Waals surface area contributed by atoms with Crippen LogP contribution >= 0.6 is 0 Å². The monoisotopic (exact) mass is 386 g/mol. The Kier molecular flexibility index (Phi) is 5.55. The van der Waals surface area contributed by atoms with E-state index in [1.54, 1.807) is 7.11 Å². The highest BCUT2D eigenvalue weighted by molar-refractivity contribution is 5.78. The molecule has 2 unspecified atom stereocenters. The molecule has 1 aromatic rings. The summed E-state index contributed by atoms with van der Waals surface area (Å²) in [6.45, 7) is 9.80. The third-order valence-corrected chi connectivity index (χ3v) is 7.43. The van der Waals surface area contributed by atoms with E-state index < -0.39 is 0 Å². The van der Waals surface area contributed by atoms with E-state index in [4.69, 9.17) is 9.47 Å². The Morgan fingerprint density at radius 2 is 1.79 bits per heavy atom. The lowest BCUT2D eigenvalue weighted by Crippen LogP contribution is -2.31. The minimum Gasteiger partial charge on any atom is -0.495 e. The lowest BCUT2D eigenvalue weighted by Gasteiger charge is -2.25. The molecule has 0 aromatic heterocycles. The van der Waals surface area contributed by atoms with Crippen molar-refractivity contribution in [1.82, 2.24) is 4.90 Å². The molecule has 4 rings (SSSR count). The fourth-order valence-corrected chi connectivity index (χ4v) is 5.51. The molecule has 0 bridgehead atoms. The van der Waals surface area contributed by atoms with Gasteiger partial charge < -0.3 is 19.3 Å². The van der Waals surface area contributed by atoms with Crippen LogP contribution in [0.3, 0.4) is 0 Å². The number of rotatable bonds is 7. The Bertz CT molecular complexity index is 689. The van der Waals surface area contributed by atoms with Crippen molar-refractivity contribution in [3.8, 4) is 5.75 Å². The molecule has 28 heavy (non-hydrogen) atoms. The van der Waals surface area contributed by atoms with Crippen LogP contribution in [0.1, 0.15) is 39.5 Å². The zero-order valence-corrected chi connectivity index (χ0v) is 17.5. The fraction of sp³-hybridized carbons (Fsp3) is 0.696. The van der Waals surface area contributed by atoms with E-state index in [2.05, 4.69) is 35.8 Å². The van der Waals surface area contributed by atoms with Gasteiger partial charge in [0.1, 0.15) is 11.9 Å². The second kappa shape index (κ2) is 7.94. The van der Waals surface area contributed by atoms with Gasteiger partial charge in [0, 0.05) is 39.1 Å². The van der Waals surface area contributed by atoms with Crippen molar-refractivity contribution < 1.29 is 14.3 Å². The number of carbonyl (C=O) groups excluding carboxylic acids is 1. The summed E-state index contributed by atoms with van der Waals surface area (Å²) in [6, 6.07) is 8.33. The van der Waals surface area contributed by atoms with E-state index >= 15 is 0 Å². The van der Waals surface area contributed by atoms with Crippen LogP contribution in [0.2, 0.25) is 0 Å². The van der Waals surface area contributed by atoms with Crippen LogP contribution in [-0.2, 0) is 9.53 Å². The number of para-hydroxylation sites is 2. The van der Waals surface area contributed by atoms with E-state index in [1.807, 2.05) is 12.1 Å². The molecule has 0 saturated carbocycles. The molecule has 5 heteroatoms. The second-order valence-electron chi connectivity index (χ2n) is 8.86. The van der Waals surface area contributed by atoms with Gasteiger partial charge in [-0.15, -0.1) is 0 Å². The molecule has 3 aliphatic heterocycles. The van der Waals surface area contributed by atoms with Crippen molar-refractivity contribution in [3.05, 3.63) is 24.3 Å². The summed E-state index contributed by atoms with van der Waals surface area (Å²) in [7, 11) is 1.75.